The van der Waals surface area contributed by atoms with Crippen LogP contribution in [-0.4, -0.2) is 34.8 Å². The van der Waals surface area contributed by atoms with E-state index in [1.165, 1.54) is 12.8 Å². The first-order valence-corrected chi connectivity index (χ1v) is 6.75. The summed E-state index contributed by atoms with van der Waals surface area (Å²) >= 11 is 5.94. The van der Waals surface area contributed by atoms with Crippen molar-refractivity contribution in [2.45, 2.75) is 12.8 Å². The standard InChI is InChI=1S/C13H15ClN4O.ClH/c14-11-5-3-4-10(8-11)12-16-13(19-17-12)15-9-18-6-1-2-7-18;/h3-5,8H,1-2,6-7,9H2,(H,15,16,17);1H. The Labute approximate surface area is 128 Å². The van der Waals surface area contributed by atoms with Crippen LogP contribution in [0.1, 0.15) is 12.8 Å². The van der Waals surface area contributed by atoms with E-state index in [4.69, 9.17) is 16.1 Å². The van der Waals surface area contributed by atoms with Gasteiger partial charge in [-0.05, 0) is 38.1 Å². The van der Waals surface area contributed by atoms with E-state index in [0.29, 0.717) is 16.9 Å². The number of likely N-dealkylation sites (tertiary alicyclic amines) is 1. The second kappa shape index (κ2) is 6.92. The van der Waals surface area contributed by atoms with Gasteiger partial charge in [0.15, 0.2) is 0 Å². The molecule has 0 saturated carbocycles. The van der Waals surface area contributed by atoms with Gasteiger partial charge < -0.3 is 9.84 Å². The molecule has 0 atom stereocenters. The SMILES string of the molecule is Cl.Clc1cccc(-c2noc(NCN3CCCC3)n2)c1. The zero-order valence-corrected chi connectivity index (χ0v) is 12.5. The molecule has 0 amide bonds. The Kier molecular flexibility index (Phi) is 5.23. The van der Waals surface area contributed by atoms with Gasteiger partial charge in [0.1, 0.15) is 0 Å². The summed E-state index contributed by atoms with van der Waals surface area (Å²) in [6.07, 6.45) is 2.53. The quantitative estimate of drug-likeness (QED) is 0.938. The number of halogens is 2. The minimum absolute atomic E-state index is 0. The average Bonchev–Trinajstić information content (AvgIpc) is 3.08. The topological polar surface area (TPSA) is 54.2 Å². The normalized spacial score (nSPS) is 15.1. The number of anilines is 1. The Bertz CT molecular complexity index is 555. The highest BCUT2D eigenvalue weighted by atomic mass is 35.5. The summed E-state index contributed by atoms with van der Waals surface area (Å²) in [6, 6.07) is 7.85. The van der Waals surface area contributed by atoms with Crippen LogP contribution in [0.25, 0.3) is 11.4 Å². The minimum Gasteiger partial charge on any atom is -0.325 e. The molecule has 1 fully saturated rings. The van der Waals surface area contributed by atoms with E-state index in [1.807, 2.05) is 24.3 Å². The Hall–Kier alpha value is -1.30. The third-order valence-electron chi connectivity index (χ3n) is 3.16. The van der Waals surface area contributed by atoms with Gasteiger partial charge in [-0.15, -0.1) is 12.4 Å². The summed E-state index contributed by atoms with van der Waals surface area (Å²) in [6.45, 7) is 3.00. The molecule has 1 aliphatic heterocycles. The van der Waals surface area contributed by atoms with Gasteiger partial charge in [-0.25, -0.2) is 0 Å². The maximum Gasteiger partial charge on any atom is 0.322 e. The molecule has 1 aliphatic rings. The smallest absolute Gasteiger partial charge is 0.322 e. The molecule has 5 nitrogen and oxygen atoms in total. The van der Waals surface area contributed by atoms with Crippen LogP contribution in [0.4, 0.5) is 6.01 Å². The first-order valence-electron chi connectivity index (χ1n) is 6.37. The molecule has 3 rings (SSSR count). The molecule has 0 aliphatic carbocycles. The number of benzene rings is 1. The Balaban J connectivity index is 0.00000147. The summed E-state index contributed by atoms with van der Waals surface area (Å²) in [5, 5.41) is 7.75. The summed E-state index contributed by atoms with van der Waals surface area (Å²) < 4.78 is 5.18. The second-order valence-corrected chi connectivity index (χ2v) is 5.03. The van der Waals surface area contributed by atoms with Crippen LogP contribution in [0.3, 0.4) is 0 Å². The van der Waals surface area contributed by atoms with Crippen LogP contribution in [-0.2, 0) is 0 Å². The highest BCUT2D eigenvalue weighted by molar-refractivity contribution is 6.30. The van der Waals surface area contributed by atoms with Gasteiger partial charge in [0, 0.05) is 10.6 Å². The fourth-order valence-electron chi connectivity index (χ4n) is 2.16. The van der Waals surface area contributed by atoms with E-state index >= 15 is 0 Å². The predicted octanol–water partition coefficient (Wildman–Crippen LogP) is 3.28. The summed E-state index contributed by atoms with van der Waals surface area (Å²) in [4.78, 5) is 6.63. The lowest BCUT2D eigenvalue weighted by molar-refractivity contribution is 0.352. The van der Waals surface area contributed by atoms with E-state index < -0.39 is 0 Å². The van der Waals surface area contributed by atoms with Crippen molar-refractivity contribution in [3.8, 4) is 11.4 Å². The molecule has 1 N–H and O–H groups in total. The first-order chi connectivity index (χ1) is 9.31. The lowest BCUT2D eigenvalue weighted by Crippen LogP contribution is -2.26. The number of hydrogen-bond acceptors (Lipinski definition) is 5. The minimum atomic E-state index is 0. The van der Waals surface area contributed by atoms with Gasteiger partial charge in [-0.2, -0.15) is 4.98 Å². The molecule has 1 aromatic heterocycles. The van der Waals surface area contributed by atoms with Gasteiger partial charge in [-0.1, -0.05) is 28.9 Å². The molecule has 0 bridgehead atoms. The average molecular weight is 315 g/mol. The molecule has 1 saturated heterocycles. The molecule has 0 spiro atoms. The van der Waals surface area contributed by atoms with Crippen LogP contribution in [0.5, 0.6) is 0 Å². The molecule has 20 heavy (non-hydrogen) atoms. The summed E-state index contributed by atoms with van der Waals surface area (Å²) in [7, 11) is 0. The largest absolute Gasteiger partial charge is 0.325 e. The van der Waals surface area contributed by atoms with E-state index in [2.05, 4.69) is 20.4 Å². The molecular weight excluding hydrogens is 299 g/mol. The zero-order valence-electron chi connectivity index (χ0n) is 10.9. The van der Waals surface area contributed by atoms with E-state index in [9.17, 15) is 0 Å². The van der Waals surface area contributed by atoms with Crippen LogP contribution in [0, 0.1) is 0 Å². The van der Waals surface area contributed by atoms with Gasteiger partial charge >= 0.3 is 6.01 Å². The van der Waals surface area contributed by atoms with Gasteiger partial charge in [0.25, 0.3) is 0 Å². The highest BCUT2D eigenvalue weighted by Gasteiger charge is 2.13. The van der Waals surface area contributed by atoms with Gasteiger partial charge in [-0.3, -0.25) is 4.90 Å². The van der Waals surface area contributed by atoms with Crippen molar-refractivity contribution in [1.29, 1.82) is 0 Å². The Morgan fingerprint density at radius 2 is 2.10 bits per heavy atom. The maximum absolute atomic E-state index is 5.94. The first kappa shape index (κ1) is 15.1. The van der Waals surface area contributed by atoms with Crippen molar-refractivity contribution in [3.05, 3.63) is 29.3 Å². The molecule has 0 unspecified atom stereocenters. The molecule has 0 radical (unpaired) electrons. The molecule has 2 aromatic rings. The van der Waals surface area contributed by atoms with Crippen LogP contribution in [0.2, 0.25) is 5.02 Å². The number of hydrogen-bond donors (Lipinski definition) is 1. The molecule has 1 aromatic carbocycles. The van der Waals surface area contributed by atoms with E-state index in [0.717, 1.165) is 25.3 Å². The van der Waals surface area contributed by atoms with Crippen LogP contribution < -0.4 is 5.32 Å². The maximum atomic E-state index is 5.94. The van der Waals surface area contributed by atoms with E-state index in [1.54, 1.807) is 0 Å². The number of rotatable bonds is 4. The Morgan fingerprint density at radius 3 is 2.85 bits per heavy atom. The number of nitrogens with zero attached hydrogens (tertiary/aromatic N) is 3. The molecule has 2 heterocycles. The molecular formula is C13H16Cl2N4O. The van der Waals surface area contributed by atoms with Crippen molar-refractivity contribution in [3.63, 3.8) is 0 Å². The number of aromatic nitrogens is 2. The van der Waals surface area contributed by atoms with Gasteiger partial charge in [0.05, 0.1) is 6.67 Å². The number of nitrogens with one attached hydrogen (secondary N) is 1. The zero-order chi connectivity index (χ0) is 13.1. The van der Waals surface area contributed by atoms with Gasteiger partial charge in [0.2, 0.25) is 5.82 Å². The fraction of sp³-hybridized carbons (Fsp3) is 0.385. The second-order valence-electron chi connectivity index (χ2n) is 4.59. The summed E-state index contributed by atoms with van der Waals surface area (Å²) in [5.74, 6) is 0.548. The van der Waals surface area contributed by atoms with Crippen molar-refractivity contribution < 1.29 is 4.52 Å². The fourth-order valence-corrected chi connectivity index (χ4v) is 2.35. The van der Waals surface area contributed by atoms with Crippen molar-refractivity contribution in [2.24, 2.45) is 0 Å². The predicted molar refractivity (Wildman–Crippen MR) is 81.3 cm³/mol. The monoisotopic (exact) mass is 314 g/mol. The van der Waals surface area contributed by atoms with Crippen molar-refractivity contribution in [2.75, 3.05) is 25.1 Å². The van der Waals surface area contributed by atoms with Crippen molar-refractivity contribution in [1.82, 2.24) is 15.0 Å². The highest BCUT2D eigenvalue weighted by Crippen LogP contribution is 2.21. The lowest BCUT2D eigenvalue weighted by atomic mass is 10.2. The summed E-state index contributed by atoms with van der Waals surface area (Å²) in [5.41, 5.74) is 0.852. The van der Waals surface area contributed by atoms with Crippen LogP contribution >= 0.6 is 24.0 Å². The van der Waals surface area contributed by atoms with Crippen molar-refractivity contribution >= 4 is 30.0 Å². The third-order valence-corrected chi connectivity index (χ3v) is 3.40. The lowest BCUT2D eigenvalue weighted by Gasteiger charge is -2.13. The van der Waals surface area contributed by atoms with Crippen LogP contribution in [0.15, 0.2) is 28.8 Å². The molecule has 7 heteroatoms. The Morgan fingerprint density at radius 1 is 1.30 bits per heavy atom. The van der Waals surface area contributed by atoms with E-state index in [-0.39, 0.29) is 12.4 Å². The third kappa shape index (κ3) is 3.62. The molecule has 108 valence electrons.